The number of hydrogen-bond donors (Lipinski definition) is 4. The summed E-state index contributed by atoms with van der Waals surface area (Å²) in [5.74, 6) is -2.58. The van der Waals surface area contributed by atoms with Gasteiger partial charge in [-0.2, -0.15) is 0 Å². The fraction of sp³-hybridized carbons (Fsp3) is 0.640. The molecule has 0 aromatic heterocycles. The molecule has 1 saturated heterocycles. The van der Waals surface area contributed by atoms with Crippen LogP contribution in [0.25, 0.3) is 0 Å². The molecule has 208 valence electrons. The van der Waals surface area contributed by atoms with Crippen LogP contribution in [0.1, 0.15) is 66.2 Å². The van der Waals surface area contributed by atoms with Crippen LogP contribution in [0.4, 0.5) is 4.39 Å². The van der Waals surface area contributed by atoms with Gasteiger partial charge >= 0.3 is 0 Å². The second kappa shape index (κ2) is 13.3. The molecule has 4 N–H and O–H groups in total. The van der Waals surface area contributed by atoms with Gasteiger partial charge < -0.3 is 10.2 Å². The molecule has 12 heteroatoms. The summed E-state index contributed by atoms with van der Waals surface area (Å²) < 4.78 is 41.0. The Labute approximate surface area is 218 Å². The smallest absolute Gasteiger partial charge is 0.245 e. The van der Waals surface area contributed by atoms with E-state index in [-0.39, 0.29) is 17.2 Å². The first-order chi connectivity index (χ1) is 17.3. The zero-order valence-corrected chi connectivity index (χ0v) is 22.7. The highest BCUT2D eigenvalue weighted by Crippen LogP contribution is 2.25. The van der Waals surface area contributed by atoms with Crippen molar-refractivity contribution in [2.75, 3.05) is 13.1 Å². The number of unbranched alkanes of at least 4 members (excludes halogenated alkanes) is 1. The van der Waals surface area contributed by atoms with Crippen LogP contribution in [0.5, 0.6) is 0 Å². The number of sulfonamides is 1. The Morgan fingerprint density at radius 3 is 2.24 bits per heavy atom. The number of piperidine rings is 1. The number of halogens is 1. The molecule has 2 atom stereocenters. The highest BCUT2D eigenvalue weighted by Gasteiger charge is 2.38. The first-order valence-corrected chi connectivity index (χ1v) is 14.1. The summed E-state index contributed by atoms with van der Waals surface area (Å²) >= 11 is 0. The van der Waals surface area contributed by atoms with E-state index in [4.69, 9.17) is 5.21 Å². The van der Waals surface area contributed by atoms with Gasteiger partial charge in [0, 0.05) is 31.5 Å². The van der Waals surface area contributed by atoms with E-state index >= 15 is 0 Å². The van der Waals surface area contributed by atoms with Crippen LogP contribution in [-0.4, -0.2) is 61.4 Å². The van der Waals surface area contributed by atoms with Crippen molar-refractivity contribution < 1.29 is 32.4 Å². The summed E-state index contributed by atoms with van der Waals surface area (Å²) in [4.78, 5) is 39.8. The quantitative estimate of drug-likeness (QED) is 0.250. The minimum absolute atomic E-state index is 0.0320. The number of benzene rings is 1. The molecular weight excluding hydrogens is 503 g/mol. The van der Waals surface area contributed by atoms with Gasteiger partial charge in [0.1, 0.15) is 11.9 Å². The molecule has 10 nitrogen and oxygen atoms in total. The maximum absolute atomic E-state index is 13.5. The van der Waals surface area contributed by atoms with E-state index in [0.29, 0.717) is 38.8 Å². The van der Waals surface area contributed by atoms with Crippen molar-refractivity contribution in [1.29, 1.82) is 0 Å². The van der Waals surface area contributed by atoms with Crippen molar-refractivity contribution in [1.82, 2.24) is 20.4 Å². The number of carbonyl (C=O) groups excluding carboxylic acids is 3. The maximum atomic E-state index is 13.5. The first kappa shape index (κ1) is 30.7. The zero-order valence-electron chi connectivity index (χ0n) is 21.9. The lowest BCUT2D eigenvalue weighted by molar-refractivity contribution is -0.142. The molecule has 3 amide bonds. The summed E-state index contributed by atoms with van der Waals surface area (Å²) in [5, 5.41) is 11.7. The van der Waals surface area contributed by atoms with E-state index < -0.39 is 51.1 Å². The molecule has 2 rings (SSSR count). The summed E-state index contributed by atoms with van der Waals surface area (Å²) in [7, 11) is -3.83. The first-order valence-electron chi connectivity index (χ1n) is 12.6. The van der Waals surface area contributed by atoms with Gasteiger partial charge in [0.15, 0.2) is 0 Å². The number of likely N-dealkylation sites (tertiary alicyclic amines) is 1. The Morgan fingerprint density at radius 1 is 1.14 bits per heavy atom. The monoisotopic (exact) mass is 542 g/mol. The molecule has 1 fully saturated rings. The third-order valence-corrected chi connectivity index (χ3v) is 8.02. The lowest BCUT2D eigenvalue weighted by atomic mass is 9.84. The number of hydrogen-bond acceptors (Lipinski definition) is 6. The van der Waals surface area contributed by atoms with E-state index in [1.807, 2.05) is 27.7 Å². The second-order valence-corrected chi connectivity index (χ2v) is 12.3. The largest absolute Gasteiger partial charge is 0.344 e. The molecule has 1 aromatic rings. The number of nitrogens with zero attached hydrogens (tertiary/aromatic N) is 1. The molecule has 1 aliphatic heterocycles. The van der Waals surface area contributed by atoms with Crippen LogP contribution in [0.3, 0.4) is 0 Å². The van der Waals surface area contributed by atoms with Crippen LogP contribution in [0.15, 0.2) is 29.2 Å². The van der Waals surface area contributed by atoms with Gasteiger partial charge in [0.2, 0.25) is 27.7 Å². The Morgan fingerprint density at radius 2 is 1.73 bits per heavy atom. The fourth-order valence-corrected chi connectivity index (χ4v) is 5.56. The van der Waals surface area contributed by atoms with Crippen molar-refractivity contribution >= 4 is 27.7 Å². The van der Waals surface area contributed by atoms with Gasteiger partial charge in [-0.3, -0.25) is 19.6 Å². The normalized spacial score (nSPS) is 16.6. The number of hydroxylamine groups is 1. The predicted molar refractivity (Wildman–Crippen MR) is 135 cm³/mol. The van der Waals surface area contributed by atoms with Crippen molar-refractivity contribution in [3.05, 3.63) is 30.1 Å². The van der Waals surface area contributed by atoms with E-state index in [0.717, 1.165) is 18.6 Å². The van der Waals surface area contributed by atoms with Crippen LogP contribution < -0.4 is 15.5 Å². The molecule has 0 spiro atoms. The lowest BCUT2D eigenvalue weighted by Crippen LogP contribution is -2.58. The van der Waals surface area contributed by atoms with Crippen LogP contribution in [-0.2, 0) is 24.4 Å². The van der Waals surface area contributed by atoms with E-state index in [1.54, 1.807) is 10.4 Å². The van der Waals surface area contributed by atoms with Gasteiger partial charge in [0.05, 0.1) is 4.90 Å². The van der Waals surface area contributed by atoms with Gasteiger partial charge in [-0.05, 0) is 48.9 Å². The van der Waals surface area contributed by atoms with Crippen molar-refractivity contribution in [2.45, 2.75) is 83.2 Å². The van der Waals surface area contributed by atoms with Crippen molar-refractivity contribution in [2.24, 2.45) is 11.3 Å². The van der Waals surface area contributed by atoms with Gasteiger partial charge in [-0.1, -0.05) is 40.5 Å². The highest BCUT2D eigenvalue weighted by molar-refractivity contribution is 7.89. The van der Waals surface area contributed by atoms with Gasteiger partial charge in [-0.15, -0.1) is 0 Å². The van der Waals surface area contributed by atoms with Crippen LogP contribution >= 0.6 is 0 Å². The Kier molecular flexibility index (Phi) is 11.0. The average Bonchev–Trinajstić information content (AvgIpc) is 2.84. The van der Waals surface area contributed by atoms with Crippen LogP contribution in [0, 0.1) is 17.2 Å². The minimum Gasteiger partial charge on any atom is -0.344 e. The number of nitrogens with one attached hydrogen (secondary N) is 3. The van der Waals surface area contributed by atoms with Crippen molar-refractivity contribution in [3.8, 4) is 0 Å². The predicted octanol–water partition coefficient (Wildman–Crippen LogP) is 2.33. The highest BCUT2D eigenvalue weighted by atomic mass is 32.2. The lowest BCUT2D eigenvalue weighted by Gasteiger charge is -2.38. The molecule has 37 heavy (non-hydrogen) atoms. The van der Waals surface area contributed by atoms with E-state index in [9.17, 15) is 27.2 Å². The molecule has 1 heterocycles. The molecule has 0 unspecified atom stereocenters. The minimum atomic E-state index is -3.83. The third-order valence-electron chi connectivity index (χ3n) is 6.49. The molecule has 1 aliphatic rings. The second-order valence-electron chi connectivity index (χ2n) is 10.6. The number of carbonyl (C=O) groups is 3. The number of rotatable bonds is 11. The summed E-state index contributed by atoms with van der Waals surface area (Å²) in [5.41, 5.74) is 0.936. The molecule has 0 aliphatic carbocycles. The molecular formula is C25H39FN4O6S. The Bertz CT molecular complexity index is 1030. The van der Waals surface area contributed by atoms with E-state index in [1.165, 1.54) is 12.1 Å². The van der Waals surface area contributed by atoms with E-state index in [2.05, 4.69) is 10.0 Å². The molecule has 0 bridgehead atoms. The van der Waals surface area contributed by atoms with Gasteiger partial charge in [0.25, 0.3) is 0 Å². The zero-order chi connectivity index (χ0) is 27.8. The Hall–Kier alpha value is -2.57. The maximum Gasteiger partial charge on any atom is 0.245 e. The number of amides is 3. The third kappa shape index (κ3) is 9.04. The fourth-order valence-electron chi connectivity index (χ4n) is 4.26. The summed E-state index contributed by atoms with van der Waals surface area (Å²) in [6.07, 6.45) is 2.56. The summed E-state index contributed by atoms with van der Waals surface area (Å²) in [6.45, 7) is 8.06. The van der Waals surface area contributed by atoms with Gasteiger partial charge in [-0.25, -0.2) is 23.0 Å². The standard InChI is InChI=1S/C25H39FN4O6S/c1-5-6-7-17(16-21(31)28-34)23(32)27-22(25(2,3)4)24(33)30-14-12-19(13-15-30)29-37(35,36)20-10-8-18(26)9-11-20/h8-11,17,19,22,29,34H,5-7,12-16H2,1-4H3,(H,27,32)(H,28,31)/t17-,22-/m1/s1. The molecule has 0 radical (unpaired) electrons. The molecule has 1 aromatic carbocycles. The molecule has 0 saturated carbocycles. The van der Waals surface area contributed by atoms with Crippen LogP contribution in [0.2, 0.25) is 0 Å². The van der Waals surface area contributed by atoms with Crippen molar-refractivity contribution in [3.63, 3.8) is 0 Å². The SMILES string of the molecule is CCCC[C@H](CC(=O)NO)C(=O)N[C@H](C(=O)N1CCC(NS(=O)(=O)c2ccc(F)cc2)CC1)C(C)(C)C. The topological polar surface area (TPSA) is 145 Å². The summed E-state index contributed by atoms with van der Waals surface area (Å²) in [6, 6.07) is 3.32. The average molecular weight is 543 g/mol. The Balaban J connectivity index is 2.04.